The van der Waals surface area contributed by atoms with E-state index in [1.54, 1.807) is 30.3 Å². The fourth-order valence-electron chi connectivity index (χ4n) is 2.78. The Labute approximate surface area is 167 Å². The predicted molar refractivity (Wildman–Crippen MR) is 105 cm³/mol. The number of benzene rings is 2. The average molecular weight is 417 g/mol. The van der Waals surface area contributed by atoms with Gasteiger partial charge in [0.05, 0.1) is 31.9 Å². The number of carbonyl (C=O) groups is 1. The third kappa shape index (κ3) is 3.61. The molecule has 9 nitrogen and oxygen atoms in total. The number of methoxy groups -OCH3 is 3. The van der Waals surface area contributed by atoms with E-state index in [1.807, 2.05) is 0 Å². The Hall–Kier alpha value is -3.53. The number of amides is 1. The van der Waals surface area contributed by atoms with Crippen LogP contribution in [0, 0.1) is 0 Å². The maximum atomic E-state index is 13.0. The van der Waals surface area contributed by atoms with Gasteiger partial charge >= 0.3 is 0 Å². The lowest BCUT2D eigenvalue weighted by Gasteiger charge is -2.13. The van der Waals surface area contributed by atoms with E-state index in [0.29, 0.717) is 26.9 Å². The smallest absolute Gasteiger partial charge is 0.283 e. The van der Waals surface area contributed by atoms with Crippen molar-refractivity contribution in [2.24, 2.45) is 5.73 Å². The van der Waals surface area contributed by atoms with Gasteiger partial charge in [0.25, 0.3) is 15.9 Å². The Morgan fingerprint density at radius 2 is 1.55 bits per heavy atom. The number of hydrogen-bond donors (Lipinski definition) is 1. The molecule has 0 aliphatic carbocycles. The van der Waals surface area contributed by atoms with Crippen LogP contribution in [0.5, 0.6) is 17.2 Å². The van der Waals surface area contributed by atoms with Gasteiger partial charge in [0.1, 0.15) is 5.69 Å². The van der Waals surface area contributed by atoms with Crippen LogP contribution in [0.3, 0.4) is 0 Å². The largest absolute Gasteiger partial charge is 0.493 e. The van der Waals surface area contributed by atoms with E-state index in [9.17, 15) is 13.2 Å². The summed E-state index contributed by atoms with van der Waals surface area (Å²) in [5, 5.41) is 4.13. The molecule has 0 saturated carbocycles. The number of hydrogen-bond acceptors (Lipinski definition) is 7. The van der Waals surface area contributed by atoms with Crippen molar-refractivity contribution < 1.29 is 27.4 Å². The molecule has 152 valence electrons. The fourth-order valence-corrected chi connectivity index (χ4v) is 4.07. The second kappa shape index (κ2) is 7.84. The summed E-state index contributed by atoms with van der Waals surface area (Å²) in [4.78, 5) is 11.9. The molecule has 0 saturated heterocycles. The van der Waals surface area contributed by atoms with E-state index >= 15 is 0 Å². The number of aromatic nitrogens is 2. The Balaban J connectivity index is 2.22. The van der Waals surface area contributed by atoms with E-state index in [-0.39, 0.29) is 16.3 Å². The van der Waals surface area contributed by atoms with E-state index in [2.05, 4.69) is 5.10 Å². The van der Waals surface area contributed by atoms with Gasteiger partial charge < -0.3 is 19.9 Å². The van der Waals surface area contributed by atoms with Gasteiger partial charge in [-0.25, -0.2) is 0 Å². The SMILES string of the molecule is COc1cc(-c2cc(C(N)=O)n(S(=O)(=O)c3ccccc3)n2)cc(OC)c1OC. The summed E-state index contributed by atoms with van der Waals surface area (Å²) in [6, 6.07) is 12.1. The molecule has 10 heteroatoms. The maximum absolute atomic E-state index is 13.0. The molecule has 0 atom stereocenters. The molecule has 0 unspecified atom stereocenters. The molecule has 29 heavy (non-hydrogen) atoms. The summed E-state index contributed by atoms with van der Waals surface area (Å²) in [7, 11) is 0.242. The molecule has 0 radical (unpaired) electrons. The van der Waals surface area contributed by atoms with Gasteiger partial charge in [0.15, 0.2) is 11.5 Å². The summed E-state index contributed by atoms with van der Waals surface area (Å²) in [5.74, 6) is 0.131. The van der Waals surface area contributed by atoms with Crippen molar-refractivity contribution in [3.05, 3.63) is 54.2 Å². The Kier molecular flexibility index (Phi) is 5.46. The highest BCUT2D eigenvalue weighted by molar-refractivity contribution is 7.89. The van der Waals surface area contributed by atoms with Crippen molar-refractivity contribution in [1.29, 1.82) is 0 Å². The maximum Gasteiger partial charge on any atom is 0.283 e. The van der Waals surface area contributed by atoms with Gasteiger partial charge in [-0.05, 0) is 30.3 Å². The molecule has 3 rings (SSSR count). The minimum Gasteiger partial charge on any atom is -0.493 e. The van der Waals surface area contributed by atoms with Crippen molar-refractivity contribution in [3.8, 4) is 28.5 Å². The topological polar surface area (TPSA) is 123 Å². The second-order valence-corrected chi connectivity index (χ2v) is 7.62. The molecular weight excluding hydrogens is 398 g/mol. The standard InChI is InChI=1S/C19H19N3O6S/c1-26-16-9-12(10-17(27-2)18(16)28-3)14-11-15(19(20)23)22(21-14)29(24,25)13-7-5-4-6-8-13/h4-11H,1-3H3,(H2,20,23). The van der Waals surface area contributed by atoms with Gasteiger partial charge in [-0.3, -0.25) is 4.79 Å². The highest BCUT2D eigenvalue weighted by Crippen LogP contribution is 2.41. The third-order valence-electron chi connectivity index (χ3n) is 4.16. The van der Waals surface area contributed by atoms with Crippen molar-refractivity contribution in [2.75, 3.05) is 21.3 Å². The first-order valence-corrected chi connectivity index (χ1v) is 9.78. The normalized spacial score (nSPS) is 11.1. The molecule has 2 aromatic carbocycles. The minimum atomic E-state index is -4.13. The fraction of sp³-hybridized carbons (Fsp3) is 0.158. The van der Waals surface area contributed by atoms with Gasteiger partial charge in [0, 0.05) is 5.56 Å². The molecular formula is C19H19N3O6S. The van der Waals surface area contributed by atoms with Gasteiger partial charge in [-0.2, -0.15) is 13.5 Å². The second-order valence-electron chi connectivity index (χ2n) is 5.85. The molecule has 1 amide bonds. The van der Waals surface area contributed by atoms with Crippen LogP contribution in [0.25, 0.3) is 11.3 Å². The Morgan fingerprint density at radius 3 is 2.03 bits per heavy atom. The van der Waals surface area contributed by atoms with Crippen LogP contribution in [-0.2, 0) is 10.0 Å². The summed E-state index contributed by atoms with van der Waals surface area (Å²) < 4.78 is 42.5. The summed E-state index contributed by atoms with van der Waals surface area (Å²) in [6.07, 6.45) is 0. The van der Waals surface area contributed by atoms with Crippen molar-refractivity contribution >= 4 is 15.9 Å². The first kappa shape index (κ1) is 20.2. The molecule has 2 N–H and O–H groups in total. The molecule has 1 aromatic heterocycles. The average Bonchev–Trinajstić information content (AvgIpc) is 3.20. The zero-order valence-corrected chi connectivity index (χ0v) is 16.8. The molecule has 0 aliphatic heterocycles. The first-order chi connectivity index (χ1) is 13.8. The number of nitrogens with two attached hydrogens (primary N) is 1. The lowest BCUT2D eigenvalue weighted by atomic mass is 10.1. The van der Waals surface area contributed by atoms with Crippen LogP contribution < -0.4 is 19.9 Å². The molecule has 0 aliphatic rings. The highest BCUT2D eigenvalue weighted by atomic mass is 32.2. The van der Waals surface area contributed by atoms with E-state index in [1.165, 1.54) is 39.5 Å². The third-order valence-corrected chi connectivity index (χ3v) is 5.76. The van der Waals surface area contributed by atoms with E-state index < -0.39 is 15.9 Å². The van der Waals surface area contributed by atoms with Crippen molar-refractivity contribution in [1.82, 2.24) is 9.19 Å². The van der Waals surface area contributed by atoms with Gasteiger partial charge in [-0.15, -0.1) is 4.09 Å². The van der Waals surface area contributed by atoms with Crippen LogP contribution in [0.1, 0.15) is 10.5 Å². The zero-order chi connectivity index (χ0) is 21.2. The van der Waals surface area contributed by atoms with Crippen LogP contribution in [0.4, 0.5) is 0 Å². The summed E-state index contributed by atoms with van der Waals surface area (Å²) in [6.45, 7) is 0. The van der Waals surface area contributed by atoms with Gasteiger partial charge in [0.2, 0.25) is 5.75 Å². The summed E-state index contributed by atoms with van der Waals surface area (Å²) >= 11 is 0. The van der Waals surface area contributed by atoms with E-state index in [0.717, 1.165) is 0 Å². The Bertz CT molecular complexity index is 1130. The molecule has 0 bridgehead atoms. The Morgan fingerprint density at radius 1 is 0.966 bits per heavy atom. The lowest BCUT2D eigenvalue weighted by Crippen LogP contribution is -2.23. The number of rotatable bonds is 7. The van der Waals surface area contributed by atoms with Gasteiger partial charge in [-0.1, -0.05) is 18.2 Å². The number of carbonyl (C=O) groups excluding carboxylic acids is 1. The van der Waals surface area contributed by atoms with Crippen molar-refractivity contribution in [3.63, 3.8) is 0 Å². The lowest BCUT2D eigenvalue weighted by molar-refractivity contribution is 0.0994. The molecule has 1 heterocycles. The van der Waals surface area contributed by atoms with Crippen molar-refractivity contribution in [2.45, 2.75) is 4.90 Å². The summed E-state index contributed by atoms with van der Waals surface area (Å²) in [5.41, 5.74) is 5.77. The molecule has 0 spiro atoms. The number of primary amides is 1. The van der Waals surface area contributed by atoms with Crippen LogP contribution >= 0.6 is 0 Å². The van der Waals surface area contributed by atoms with Crippen LogP contribution in [0.2, 0.25) is 0 Å². The predicted octanol–water partition coefficient (Wildman–Crippen LogP) is 1.91. The monoisotopic (exact) mass is 417 g/mol. The first-order valence-electron chi connectivity index (χ1n) is 8.34. The van der Waals surface area contributed by atoms with Crippen LogP contribution in [-0.4, -0.2) is 44.8 Å². The van der Waals surface area contributed by atoms with Crippen LogP contribution in [0.15, 0.2) is 53.4 Å². The molecule has 0 fully saturated rings. The minimum absolute atomic E-state index is 0.0259. The van der Waals surface area contributed by atoms with E-state index in [4.69, 9.17) is 19.9 Å². The number of nitrogens with zero attached hydrogens (tertiary/aromatic N) is 2. The quantitative estimate of drug-likeness (QED) is 0.623. The highest BCUT2D eigenvalue weighted by Gasteiger charge is 2.26. The molecule has 3 aromatic rings. The zero-order valence-electron chi connectivity index (χ0n) is 15.9. The number of ether oxygens (including phenoxy) is 3.